The minimum atomic E-state index is -1.13. The number of aliphatic hydroxyl groups is 1. The van der Waals surface area contributed by atoms with Crippen molar-refractivity contribution >= 4 is 45.2 Å². The normalized spacial score (nSPS) is 11.3. The first-order valence-corrected chi connectivity index (χ1v) is 7.60. The maximum absolute atomic E-state index is 10.8. The molecule has 0 aliphatic heterocycles. The van der Waals surface area contributed by atoms with Gasteiger partial charge in [0.1, 0.15) is 5.60 Å². The Kier molecular flexibility index (Phi) is 4.45. The highest BCUT2D eigenvalue weighted by atomic mass is 127. The van der Waals surface area contributed by atoms with Crippen LogP contribution in [0.2, 0.25) is 0 Å². The first-order chi connectivity index (χ1) is 8.56. The van der Waals surface area contributed by atoms with E-state index in [1.54, 1.807) is 6.08 Å². The molecule has 0 spiro atoms. The molecule has 0 heterocycles. The molecule has 0 aliphatic rings. The van der Waals surface area contributed by atoms with Crippen LogP contribution in [0, 0.1) is 7.14 Å². The second kappa shape index (κ2) is 5.71. The summed E-state index contributed by atoms with van der Waals surface area (Å²) in [6.45, 7) is 3.78. The van der Waals surface area contributed by atoms with Crippen molar-refractivity contribution in [3.63, 3.8) is 0 Å². The molecule has 0 aliphatic carbocycles. The zero-order valence-electron chi connectivity index (χ0n) is 9.61. The molecule has 0 bridgehead atoms. The molecule has 0 unspecified atom stereocenters. The van der Waals surface area contributed by atoms with Gasteiger partial charge < -0.3 is 5.11 Å². The van der Waals surface area contributed by atoms with E-state index in [0.29, 0.717) is 0 Å². The molecule has 1 nitrogen and oxygen atoms in total. The molecule has 0 radical (unpaired) electrons. The van der Waals surface area contributed by atoms with E-state index in [1.807, 2.05) is 48.5 Å². The third-order valence-electron chi connectivity index (χ3n) is 2.86. The average Bonchev–Trinajstić information content (AvgIpc) is 2.39. The Hall–Kier alpha value is -0.400. The maximum atomic E-state index is 10.8. The largest absolute Gasteiger partial charge is 0.377 e. The molecule has 0 atom stereocenters. The Balaban J connectivity index is 2.50. The summed E-state index contributed by atoms with van der Waals surface area (Å²) in [4.78, 5) is 0. The van der Waals surface area contributed by atoms with Gasteiger partial charge in [-0.25, -0.2) is 0 Å². The third kappa shape index (κ3) is 2.78. The van der Waals surface area contributed by atoms with Crippen LogP contribution >= 0.6 is 45.2 Å². The second-order valence-electron chi connectivity index (χ2n) is 3.98. The van der Waals surface area contributed by atoms with Gasteiger partial charge in [0.05, 0.1) is 0 Å². The van der Waals surface area contributed by atoms with Crippen LogP contribution in [0.25, 0.3) is 0 Å². The highest BCUT2D eigenvalue weighted by Crippen LogP contribution is 2.31. The predicted molar refractivity (Wildman–Crippen MR) is 91.5 cm³/mol. The number of rotatable bonds is 3. The summed E-state index contributed by atoms with van der Waals surface area (Å²) >= 11 is 4.49. The molecule has 0 saturated heterocycles. The maximum Gasteiger partial charge on any atom is 0.133 e. The first kappa shape index (κ1) is 14.0. The van der Waals surface area contributed by atoms with Crippen LogP contribution in [0.3, 0.4) is 0 Å². The van der Waals surface area contributed by atoms with Crippen molar-refractivity contribution in [2.75, 3.05) is 0 Å². The first-order valence-electron chi connectivity index (χ1n) is 5.44. The van der Waals surface area contributed by atoms with E-state index in [1.165, 1.54) is 0 Å². The highest BCUT2D eigenvalue weighted by molar-refractivity contribution is 14.1. The lowest BCUT2D eigenvalue weighted by molar-refractivity contribution is 0.135. The van der Waals surface area contributed by atoms with Crippen molar-refractivity contribution in [2.24, 2.45) is 0 Å². The molecule has 0 fully saturated rings. The summed E-state index contributed by atoms with van der Waals surface area (Å²) in [6.07, 6.45) is 1.58. The van der Waals surface area contributed by atoms with E-state index in [0.717, 1.165) is 18.3 Å². The van der Waals surface area contributed by atoms with E-state index in [4.69, 9.17) is 0 Å². The standard InChI is InChI=1S/C15H12I2O/c1-2-15(18,11-3-7-13(16)8-4-11)12-5-9-14(17)10-6-12/h2-10,18H,1H2. The zero-order chi connectivity index (χ0) is 13.2. The summed E-state index contributed by atoms with van der Waals surface area (Å²) in [7, 11) is 0. The van der Waals surface area contributed by atoms with Crippen LogP contribution < -0.4 is 0 Å². The van der Waals surface area contributed by atoms with Gasteiger partial charge in [0.25, 0.3) is 0 Å². The predicted octanol–water partition coefficient (Wildman–Crippen LogP) is 4.32. The molecule has 2 aromatic rings. The summed E-state index contributed by atoms with van der Waals surface area (Å²) < 4.78 is 2.29. The molecule has 1 N–H and O–H groups in total. The number of halogens is 2. The van der Waals surface area contributed by atoms with Crippen LogP contribution in [0.5, 0.6) is 0 Å². The molecule has 0 amide bonds. The van der Waals surface area contributed by atoms with Crippen molar-refractivity contribution in [1.29, 1.82) is 0 Å². The lowest BCUT2D eigenvalue weighted by Gasteiger charge is -2.25. The van der Waals surface area contributed by atoms with Gasteiger partial charge in [-0.1, -0.05) is 36.9 Å². The van der Waals surface area contributed by atoms with Crippen molar-refractivity contribution in [2.45, 2.75) is 5.60 Å². The van der Waals surface area contributed by atoms with Crippen molar-refractivity contribution < 1.29 is 5.11 Å². The molecule has 18 heavy (non-hydrogen) atoms. The summed E-state index contributed by atoms with van der Waals surface area (Å²) in [6, 6.07) is 15.7. The van der Waals surface area contributed by atoms with E-state index >= 15 is 0 Å². The smallest absolute Gasteiger partial charge is 0.133 e. The monoisotopic (exact) mass is 462 g/mol. The summed E-state index contributed by atoms with van der Waals surface area (Å²) in [5, 5.41) is 10.8. The number of hydrogen-bond acceptors (Lipinski definition) is 1. The van der Waals surface area contributed by atoms with Gasteiger partial charge >= 0.3 is 0 Å². The van der Waals surface area contributed by atoms with Gasteiger partial charge in [-0.05, 0) is 80.6 Å². The fourth-order valence-corrected chi connectivity index (χ4v) is 2.53. The van der Waals surface area contributed by atoms with Crippen LogP contribution in [0.1, 0.15) is 11.1 Å². The van der Waals surface area contributed by atoms with Gasteiger partial charge in [-0.3, -0.25) is 0 Å². The zero-order valence-corrected chi connectivity index (χ0v) is 13.9. The van der Waals surface area contributed by atoms with Crippen LogP contribution in [-0.4, -0.2) is 5.11 Å². The lowest BCUT2D eigenvalue weighted by Crippen LogP contribution is -2.24. The lowest BCUT2D eigenvalue weighted by atomic mass is 9.86. The van der Waals surface area contributed by atoms with Gasteiger partial charge in [0.2, 0.25) is 0 Å². The molecule has 2 rings (SSSR count). The quantitative estimate of drug-likeness (QED) is 0.533. The van der Waals surface area contributed by atoms with Crippen LogP contribution in [0.15, 0.2) is 61.2 Å². The summed E-state index contributed by atoms with van der Waals surface area (Å²) in [5.74, 6) is 0. The SMILES string of the molecule is C=CC(O)(c1ccc(I)cc1)c1ccc(I)cc1. The fraction of sp³-hybridized carbons (Fsp3) is 0.0667. The minimum Gasteiger partial charge on any atom is -0.377 e. The van der Waals surface area contributed by atoms with E-state index in [-0.39, 0.29) is 0 Å². The molecule has 2 aromatic carbocycles. The average molecular weight is 462 g/mol. The Bertz CT molecular complexity index is 498. The second-order valence-corrected chi connectivity index (χ2v) is 6.48. The number of benzene rings is 2. The molecular formula is C15H12I2O. The van der Waals surface area contributed by atoms with E-state index < -0.39 is 5.60 Å². The van der Waals surface area contributed by atoms with Crippen LogP contribution in [0.4, 0.5) is 0 Å². The van der Waals surface area contributed by atoms with Crippen molar-refractivity contribution in [1.82, 2.24) is 0 Å². The highest BCUT2D eigenvalue weighted by Gasteiger charge is 2.27. The van der Waals surface area contributed by atoms with Gasteiger partial charge in [0.15, 0.2) is 0 Å². The molecule has 0 aromatic heterocycles. The fourth-order valence-electron chi connectivity index (χ4n) is 1.81. The van der Waals surface area contributed by atoms with E-state index in [2.05, 4.69) is 51.8 Å². The Morgan fingerprint density at radius 1 is 0.833 bits per heavy atom. The van der Waals surface area contributed by atoms with Crippen molar-refractivity contribution in [3.05, 3.63) is 79.5 Å². The molecule has 0 saturated carbocycles. The topological polar surface area (TPSA) is 20.2 Å². The minimum absolute atomic E-state index is 0.833. The Labute approximate surface area is 134 Å². The van der Waals surface area contributed by atoms with Crippen LogP contribution in [-0.2, 0) is 5.60 Å². The molecular weight excluding hydrogens is 450 g/mol. The molecule has 92 valence electrons. The Morgan fingerprint density at radius 2 is 1.17 bits per heavy atom. The summed E-state index contributed by atoms with van der Waals surface area (Å²) in [5.41, 5.74) is 0.535. The van der Waals surface area contributed by atoms with Crippen molar-refractivity contribution in [3.8, 4) is 0 Å². The Morgan fingerprint density at radius 3 is 1.44 bits per heavy atom. The molecule has 3 heteroatoms. The van der Waals surface area contributed by atoms with Gasteiger partial charge in [-0.2, -0.15) is 0 Å². The van der Waals surface area contributed by atoms with E-state index in [9.17, 15) is 5.11 Å². The van der Waals surface area contributed by atoms with Gasteiger partial charge in [-0.15, -0.1) is 0 Å². The van der Waals surface area contributed by atoms with Gasteiger partial charge in [0, 0.05) is 7.14 Å². The third-order valence-corrected chi connectivity index (χ3v) is 4.30. The number of hydrogen-bond donors (Lipinski definition) is 1.